The molecule has 2 fully saturated rings. The Morgan fingerprint density at radius 1 is 1.25 bits per heavy atom. The van der Waals surface area contributed by atoms with Crippen LogP contribution in [0.3, 0.4) is 0 Å². The largest absolute Gasteiger partial charge is 0.495 e. The van der Waals surface area contributed by atoms with Crippen LogP contribution in [0.25, 0.3) is 0 Å². The van der Waals surface area contributed by atoms with Gasteiger partial charge in [0.05, 0.1) is 12.8 Å². The minimum absolute atomic E-state index is 0.738. The Bertz CT molecular complexity index is 463. The van der Waals surface area contributed by atoms with E-state index in [1.54, 1.807) is 7.11 Å². The van der Waals surface area contributed by atoms with E-state index < -0.39 is 0 Å². The van der Waals surface area contributed by atoms with Gasteiger partial charge in [-0.25, -0.2) is 0 Å². The maximum Gasteiger partial charge on any atom is 0.141 e. The van der Waals surface area contributed by atoms with Crippen LogP contribution in [-0.2, 0) is 6.54 Å². The van der Waals surface area contributed by atoms with E-state index in [0.29, 0.717) is 0 Å². The standard InChI is InChI=1S/C16H25N3O/c1-20-16-6-5-13(10-15(16)17)11-18-7-3-9-19-8-2-4-14(19)12-18/h5-6,10,14H,2-4,7-9,11-12,17H2,1H3. The number of nitrogen functional groups attached to an aromatic ring is 1. The summed E-state index contributed by atoms with van der Waals surface area (Å²) in [6, 6.07) is 6.93. The summed E-state index contributed by atoms with van der Waals surface area (Å²) >= 11 is 0. The molecular weight excluding hydrogens is 250 g/mol. The number of hydrogen-bond donors (Lipinski definition) is 1. The molecule has 0 bridgehead atoms. The molecule has 1 aromatic carbocycles. The predicted octanol–water partition coefficient (Wildman–Crippen LogP) is 1.95. The van der Waals surface area contributed by atoms with Gasteiger partial charge in [0.1, 0.15) is 5.75 Å². The van der Waals surface area contributed by atoms with Crippen LogP contribution in [0.1, 0.15) is 24.8 Å². The summed E-state index contributed by atoms with van der Waals surface area (Å²) in [5.41, 5.74) is 8.03. The molecule has 1 atom stereocenters. The van der Waals surface area contributed by atoms with Crippen LogP contribution in [0.5, 0.6) is 5.75 Å². The number of nitrogens with zero attached hydrogens (tertiary/aromatic N) is 2. The molecule has 2 heterocycles. The molecule has 20 heavy (non-hydrogen) atoms. The first kappa shape index (κ1) is 13.7. The van der Waals surface area contributed by atoms with Crippen molar-refractivity contribution in [3.05, 3.63) is 23.8 Å². The fraction of sp³-hybridized carbons (Fsp3) is 0.625. The van der Waals surface area contributed by atoms with Gasteiger partial charge in [0.25, 0.3) is 0 Å². The summed E-state index contributed by atoms with van der Waals surface area (Å²) in [5.74, 6) is 0.770. The van der Waals surface area contributed by atoms with E-state index in [2.05, 4.69) is 21.9 Å². The molecule has 0 aliphatic carbocycles. The quantitative estimate of drug-likeness (QED) is 0.856. The smallest absolute Gasteiger partial charge is 0.141 e. The summed E-state index contributed by atoms with van der Waals surface area (Å²) in [6.07, 6.45) is 4.01. The van der Waals surface area contributed by atoms with Crippen molar-refractivity contribution in [3.8, 4) is 5.75 Å². The van der Waals surface area contributed by atoms with Gasteiger partial charge >= 0.3 is 0 Å². The van der Waals surface area contributed by atoms with Gasteiger partial charge in [0.2, 0.25) is 0 Å². The number of methoxy groups -OCH3 is 1. The molecule has 0 saturated carbocycles. The minimum atomic E-state index is 0.738. The summed E-state index contributed by atoms with van der Waals surface area (Å²) in [7, 11) is 1.66. The summed E-state index contributed by atoms with van der Waals surface area (Å²) in [6.45, 7) is 5.96. The van der Waals surface area contributed by atoms with Gasteiger partial charge < -0.3 is 10.5 Å². The zero-order valence-electron chi connectivity index (χ0n) is 12.3. The zero-order valence-corrected chi connectivity index (χ0v) is 12.3. The van der Waals surface area contributed by atoms with Crippen molar-refractivity contribution in [2.45, 2.75) is 31.8 Å². The number of ether oxygens (including phenoxy) is 1. The summed E-state index contributed by atoms with van der Waals surface area (Å²) < 4.78 is 5.22. The van der Waals surface area contributed by atoms with E-state index in [9.17, 15) is 0 Å². The first-order chi connectivity index (χ1) is 9.76. The highest BCUT2D eigenvalue weighted by atomic mass is 16.5. The fourth-order valence-electron chi connectivity index (χ4n) is 3.57. The molecule has 3 rings (SSSR count). The SMILES string of the molecule is COc1ccc(CN2CCCN3CCCC3C2)cc1N. The number of benzene rings is 1. The predicted molar refractivity (Wildman–Crippen MR) is 81.9 cm³/mol. The number of nitrogens with two attached hydrogens (primary N) is 1. The second kappa shape index (κ2) is 6.02. The molecule has 2 N–H and O–H groups in total. The lowest BCUT2D eigenvalue weighted by Crippen LogP contribution is -2.36. The van der Waals surface area contributed by atoms with Crippen molar-refractivity contribution in [1.29, 1.82) is 0 Å². The third-order valence-electron chi connectivity index (χ3n) is 4.59. The van der Waals surface area contributed by atoms with Crippen LogP contribution in [0.15, 0.2) is 18.2 Å². The van der Waals surface area contributed by atoms with Gasteiger partial charge in [-0.05, 0) is 56.6 Å². The maximum absolute atomic E-state index is 6.00. The molecular formula is C16H25N3O. The van der Waals surface area contributed by atoms with Crippen molar-refractivity contribution < 1.29 is 4.74 Å². The highest BCUT2D eigenvalue weighted by Crippen LogP contribution is 2.25. The topological polar surface area (TPSA) is 41.7 Å². The van der Waals surface area contributed by atoms with Gasteiger partial charge in [-0.3, -0.25) is 9.80 Å². The lowest BCUT2D eigenvalue weighted by Gasteiger charge is -2.25. The van der Waals surface area contributed by atoms with E-state index in [1.807, 2.05) is 6.07 Å². The van der Waals surface area contributed by atoms with Crippen LogP contribution < -0.4 is 10.5 Å². The lowest BCUT2D eigenvalue weighted by atomic mass is 10.1. The summed E-state index contributed by atoms with van der Waals surface area (Å²) in [5, 5.41) is 0. The second-order valence-corrected chi connectivity index (χ2v) is 6.00. The van der Waals surface area contributed by atoms with E-state index >= 15 is 0 Å². The second-order valence-electron chi connectivity index (χ2n) is 6.00. The van der Waals surface area contributed by atoms with E-state index in [0.717, 1.165) is 24.0 Å². The van der Waals surface area contributed by atoms with Crippen LogP contribution in [0.2, 0.25) is 0 Å². The van der Waals surface area contributed by atoms with E-state index in [1.165, 1.54) is 51.0 Å². The molecule has 0 radical (unpaired) electrons. The Labute approximate surface area is 121 Å². The lowest BCUT2D eigenvalue weighted by molar-refractivity contribution is 0.215. The van der Waals surface area contributed by atoms with E-state index in [-0.39, 0.29) is 0 Å². The Balaban J connectivity index is 1.66. The average Bonchev–Trinajstić information content (AvgIpc) is 2.78. The first-order valence-electron chi connectivity index (χ1n) is 7.65. The monoisotopic (exact) mass is 275 g/mol. The molecule has 2 aliphatic rings. The summed E-state index contributed by atoms with van der Waals surface area (Å²) in [4.78, 5) is 5.25. The van der Waals surface area contributed by atoms with Crippen LogP contribution in [-0.4, -0.2) is 49.1 Å². The number of fused-ring (bicyclic) bond motifs is 1. The molecule has 0 spiro atoms. The van der Waals surface area contributed by atoms with Crippen molar-refractivity contribution in [2.24, 2.45) is 0 Å². The molecule has 1 unspecified atom stereocenters. The molecule has 4 nitrogen and oxygen atoms in total. The number of rotatable bonds is 3. The molecule has 2 aliphatic heterocycles. The molecule has 2 saturated heterocycles. The van der Waals surface area contributed by atoms with Crippen molar-refractivity contribution in [3.63, 3.8) is 0 Å². The van der Waals surface area contributed by atoms with Gasteiger partial charge in [-0.1, -0.05) is 6.07 Å². The normalized spacial score (nSPS) is 24.4. The van der Waals surface area contributed by atoms with Crippen molar-refractivity contribution >= 4 is 5.69 Å². The number of hydrogen-bond acceptors (Lipinski definition) is 4. The van der Waals surface area contributed by atoms with Gasteiger partial charge in [0.15, 0.2) is 0 Å². The Hall–Kier alpha value is -1.26. The van der Waals surface area contributed by atoms with Gasteiger partial charge in [0, 0.05) is 19.1 Å². The Morgan fingerprint density at radius 3 is 2.90 bits per heavy atom. The van der Waals surface area contributed by atoms with Crippen LogP contribution in [0.4, 0.5) is 5.69 Å². The van der Waals surface area contributed by atoms with Crippen molar-refractivity contribution in [1.82, 2.24) is 9.80 Å². The fourth-order valence-corrected chi connectivity index (χ4v) is 3.57. The molecule has 4 heteroatoms. The van der Waals surface area contributed by atoms with Crippen molar-refractivity contribution in [2.75, 3.05) is 39.0 Å². The van der Waals surface area contributed by atoms with Gasteiger partial charge in [-0.15, -0.1) is 0 Å². The Kier molecular flexibility index (Phi) is 4.13. The Morgan fingerprint density at radius 2 is 2.10 bits per heavy atom. The zero-order chi connectivity index (χ0) is 13.9. The third kappa shape index (κ3) is 2.91. The first-order valence-corrected chi connectivity index (χ1v) is 7.65. The minimum Gasteiger partial charge on any atom is -0.495 e. The molecule has 0 aromatic heterocycles. The molecule has 0 amide bonds. The number of anilines is 1. The maximum atomic E-state index is 6.00. The molecule has 1 aromatic rings. The highest BCUT2D eigenvalue weighted by molar-refractivity contribution is 5.54. The highest BCUT2D eigenvalue weighted by Gasteiger charge is 2.28. The average molecular weight is 275 g/mol. The van der Waals surface area contributed by atoms with Gasteiger partial charge in [-0.2, -0.15) is 0 Å². The molecule has 110 valence electrons. The van der Waals surface area contributed by atoms with Crippen LogP contribution in [0, 0.1) is 0 Å². The third-order valence-corrected chi connectivity index (χ3v) is 4.59. The van der Waals surface area contributed by atoms with E-state index in [4.69, 9.17) is 10.5 Å². The van der Waals surface area contributed by atoms with Crippen LogP contribution >= 0.6 is 0 Å².